The summed E-state index contributed by atoms with van der Waals surface area (Å²) in [5.41, 5.74) is 2.12. The summed E-state index contributed by atoms with van der Waals surface area (Å²) < 4.78 is 10.6. The second kappa shape index (κ2) is 9.61. The molecule has 4 rings (SSSR count). The Hall–Kier alpha value is -3.72. The van der Waals surface area contributed by atoms with E-state index in [1.165, 1.54) is 0 Å². The van der Waals surface area contributed by atoms with E-state index in [-0.39, 0.29) is 11.6 Å². The molecular formula is C23H27N5O4. The standard InChI is InChI=1S/C23H27N5O4/c1-31-17-9-7-16(8-10-17)24-22(29)21-18(25-23(30)26-21)15-27-11-13-28(14-12-27)19-5-3-4-6-20(19)32-2/h3-10H,11-15H2,1-2H3,(H,24,29)(H2,25,26,30). The molecule has 1 amide bonds. The van der Waals surface area contributed by atoms with E-state index < -0.39 is 5.69 Å². The molecule has 0 radical (unpaired) electrons. The smallest absolute Gasteiger partial charge is 0.323 e. The second-order valence-electron chi connectivity index (χ2n) is 7.55. The van der Waals surface area contributed by atoms with Gasteiger partial charge in [0.25, 0.3) is 5.91 Å². The van der Waals surface area contributed by atoms with Gasteiger partial charge in [-0.25, -0.2) is 4.79 Å². The number of nitrogens with zero attached hydrogens (tertiary/aromatic N) is 2. The Morgan fingerprint density at radius 1 is 0.969 bits per heavy atom. The molecule has 32 heavy (non-hydrogen) atoms. The number of aromatic amines is 2. The zero-order valence-corrected chi connectivity index (χ0v) is 18.2. The Morgan fingerprint density at radius 3 is 2.38 bits per heavy atom. The number of nitrogens with one attached hydrogen (secondary N) is 3. The number of aromatic nitrogens is 2. The maximum Gasteiger partial charge on any atom is 0.323 e. The molecule has 1 fully saturated rings. The van der Waals surface area contributed by atoms with Crippen molar-refractivity contribution in [1.29, 1.82) is 0 Å². The largest absolute Gasteiger partial charge is 0.497 e. The monoisotopic (exact) mass is 437 g/mol. The first-order chi connectivity index (χ1) is 15.6. The molecule has 9 nitrogen and oxygen atoms in total. The van der Waals surface area contributed by atoms with E-state index in [1.54, 1.807) is 38.5 Å². The summed E-state index contributed by atoms with van der Waals surface area (Å²) in [5, 5.41) is 2.82. The van der Waals surface area contributed by atoms with Gasteiger partial charge in [-0.05, 0) is 36.4 Å². The van der Waals surface area contributed by atoms with E-state index in [0.717, 1.165) is 37.6 Å². The van der Waals surface area contributed by atoms with Crippen LogP contribution >= 0.6 is 0 Å². The number of piperazine rings is 1. The minimum Gasteiger partial charge on any atom is -0.497 e. The van der Waals surface area contributed by atoms with Crippen molar-refractivity contribution in [3.8, 4) is 11.5 Å². The quantitative estimate of drug-likeness (QED) is 0.524. The third kappa shape index (κ3) is 4.78. The average Bonchev–Trinajstić information content (AvgIpc) is 3.20. The van der Waals surface area contributed by atoms with Crippen LogP contribution in [-0.2, 0) is 6.54 Å². The molecule has 0 bridgehead atoms. The molecule has 1 aliphatic heterocycles. The van der Waals surface area contributed by atoms with Gasteiger partial charge in [0, 0.05) is 38.4 Å². The minimum absolute atomic E-state index is 0.248. The van der Waals surface area contributed by atoms with Crippen LogP contribution < -0.4 is 25.4 Å². The van der Waals surface area contributed by atoms with Gasteiger partial charge in [-0.1, -0.05) is 12.1 Å². The van der Waals surface area contributed by atoms with E-state index in [0.29, 0.717) is 23.7 Å². The third-order valence-corrected chi connectivity index (χ3v) is 5.56. The number of rotatable bonds is 7. The number of para-hydroxylation sites is 2. The van der Waals surface area contributed by atoms with Crippen LogP contribution in [0, 0.1) is 0 Å². The van der Waals surface area contributed by atoms with Gasteiger partial charge in [-0.3, -0.25) is 9.69 Å². The van der Waals surface area contributed by atoms with Gasteiger partial charge in [0.15, 0.2) is 0 Å². The summed E-state index contributed by atoms with van der Waals surface area (Å²) in [4.78, 5) is 34.6. The SMILES string of the molecule is COc1ccc(NC(=O)c2[nH]c(=O)[nH]c2CN2CCN(c3ccccc3OC)CC2)cc1. The van der Waals surface area contributed by atoms with E-state index in [9.17, 15) is 9.59 Å². The fourth-order valence-corrected chi connectivity index (χ4v) is 3.86. The van der Waals surface area contributed by atoms with Crippen molar-refractivity contribution in [2.24, 2.45) is 0 Å². The van der Waals surface area contributed by atoms with Crippen molar-refractivity contribution < 1.29 is 14.3 Å². The van der Waals surface area contributed by atoms with Crippen molar-refractivity contribution in [2.75, 3.05) is 50.6 Å². The number of carbonyl (C=O) groups is 1. The molecule has 3 N–H and O–H groups in total. The van der Waals surface area contributed by atoms with Crippen molar-refractivity contribution in [1.82, 2.24) is 14.9 Å². The molecule has 9 heteroatoms. The number of H-pyrrole nitrogens is 2. The number of amides is 1. The van der Waals surface area contributed by atoms with Gasteiger partial charge in [0.05, 0.1) is 25.6 Å². The van der Waals surface area contributed by atoms with E-state index in [4.69, 9.17) is 9.47 Å². The molecule has 0 saturated carbocycles. The van der Waals surface area contributed by atoms with Crippen LogP contribution in [0.5, 0.6) is 11.5 Å². The molecule has 2 aromatic carbocycles. The van der Waals surface area contributed by atoms with Crippen LogP contribution in [0.1, 0.15) is 16.2 Å². The van der Waals surface area contributed by atoms with Gasteiger partial charge in [0.1, 0.15) is 17.2 Å². The molecule has 168 valence electrons. The average molecular weight is 438 g/mol. The zero-order chi connectivity index (χ0) is 22.5. The molecule has 3 aromatic rings. The van der Waals surface area contributed by atoms with Gasteiger partial charge in [-0.15, -0.1) is 0 Å². The van der Waals surface area contributed by atoms with Crippen LogP contribution in [-0.4, -0.2) is 61.2 Å². The van der Waals surface area contributed by atoms with Gasteiger partial charge in [-0.2, -0.15) is 0 Å². The number of carbonyl (C=O) groups excluding carboxylic acids is 1. The molecule has 2 heterocycles. The number of hydrogen-bond acceptors (Lipinski definition) is 6. The highest BCUT2D eigenvalue weighted by Crippen LogP contribution is 2.28. The number of benzene rings is 2. The lowest BCUT2D eigenvalue weighted by Gasteiger charge is -2.36. The van der Waals surface area contributed by atoms with Crippen LogP contribution in [0.2, 0.25) is 0 Å². The number of anilines is 2. The summed E-state index contributed by atoms with van der Waals surface area (Å²) in [6, 6.07) is 15.0. The molecule has 1 saturated heterocycles. The molecule has 1 aromatic heterocycles. The van der Waals surface area contributed by atoms with Gasteiger partial charge in [0.2, 0.25) is 0 Å². The first kappa shape index (κ1) is 21.5. The number of methoxy groups -OCH3 is 2. The van der Waals surface area contributed by atoms with Crippen molar-refractivity contribution >= 4 is 17.3 Å². The van der Waals surface area contributed by atoms with Crippen LogP contribution in [0.3, 0.4) is 0 Å². The fraction of sp³-hybridized carbons (Fsp3) is 0.304. The molecule has 0 aliphatic carbocycles. The molecule has 0 unspecified atom stereocenters. The lowest BCUT2D eigenvalue weighted by molar-refractivity contribution is 0.102. The summed E-state index contributed by atoms with van der Waals surface area (Å²) in [6.07, 6.45) is 0. The highest BCUT2D eigenvalue weighted by molar-refractivity contribution is 6.03. The lowest BCUT2D eigenvalue weighted by atomic mass is 10.2. The Bertz CT molecular complexity index is 1110. The molecule has 0 spiro atoms. The molecular weight excluding hydrogens is 410 g/mol. The van der Waals surface area contributed by atoms with Crippen molar-refractivity contribution in [3.63, 3.8) is 0 Å². The Kier molecular flexibility index (Phi) is 6.46. The van der Waals surface area contributed by atoms with Crippen LogP contribution in [0.4, 0.5) is 11.4 Å². The number of ether oxygens (including phenoxy) is 2. The summed E-state index contributed by atoms with van der Waals surface area (Å²) >= 11 is 0. The predicted octanol–water partition coefficient (Wildman–Crippen LogP) is 2.29. The normalized spacial score (nSPS) is 14.2. The Morgan fingerprint density at radius 2 is 1.69 bits per heavy atom. The Balaban J connectivity index is 1.40. The van der Waals surface area contributed by atoms with Crippen molar-refractivity contribution in [2.45, 2.75) is 6.54 Å². The fourth-order valence-electron chi connectivity index (χ4n) is 3.86. The van der Waals surface area contributed by atoms with Gasteiger partial charge >= 0.3 is 5.69 Å². The minimum atomic E-state index is -0.396. The Labute approximate surface area is 186 Å². The topological polar surface area (TPSA) is 103 Å². The predicted molar refractivity (Wildman–Crippen MR) is 123 cm³/mol. The number of hydrogen-bond donors (Lipinski definition) is 3. The van der Waals surface area contributed by atoms with Crippen molar-refractivity contribution in [3.05, 3.63) is 70.4 Å². The maximum atomic E-state index is 12.8. The summed E-state index contributed by atoms with van der Waals surface area (Å²) in [7, 11) is 3.26. The first-order valence-corrected chi connectivity index (χ1v) is 10.4. The third-order valence-electron chi connectivity index (χ3n) is 5.56. The summed E-state index contributed by atoms with van der Waals surface area (Å²) in [6.45, 7) is 3.71. The van der Waals surface area contributed by atoms with E-state index >= 15 is 0 Å². The first-order valence-electron chi connectivity index (χ1n) is 10.4. The van der Waals surface area contributed by atoms with E-state index in [1.807, 2.05) is 18.2 Å². The van der Waals surface area contributed by atoms with Gasteiger partial charge < -0.3 is 29.7 Å². The number of imidazole rings is 1. The van der Waals surface area contributed by atoms with Crippen LogP contribution in [0.25, 0.3) is 0 Å². The van der Waals surface area contributed by atoms with E-state index in [2.05, 4.69) is 31.2 Å². The highest BCUT2D eigenvalue weighted by atomic mass is 16.5. The summed E-state index contributed by atoms with van der Waals surface area (Å²) in [5.74, 6) is 1.19. The zero-order valence-electron chi connectivity index (χ0n) is 18.2. The second-order valence-corrected chi connectivity index (χ2v) is 7.55. The molecule has 0 atom stereocenters. The maximum absolute atomic E-state index is 12.8. The van der Waals surface area contributed by atoms with Crippen LogP contribution in [0.15, 0.2) is 53.3 Å². The highest BCUT2D eigenvalue weighted by Gasteiger charge is 2.23. The lowest BCUT2D eigenvalue weighted by Crippen LogP contribution is -2.46. The molecule has 1 aliphatic rings.